The molecule has 1 fully saturated rings. The molecule has 0 saturated heterocycles. The fraction of sp³-hybridized carbons (Fsp3) is 0.429. The molecule has 0 aliphatic heterocycles. The van der Waals surface area contributed by atoms with E-state index in [1.54, 1.807) is 0 Å². The van der Waals surface area contributed by atoms with E-state index in [-0.39, 0.29) is 6.10 Å². The van der Waals surface area contributed by atoms with Crippen molar-refractivity contribution >= 4 is 0 Å². The lowest BCUT2D eigenvalue weighted by Gasteiger charge is -2.09. The Balaban J connectivity index is 1.90. The van der Waals surface area contributed by atoms with Crippen LogP contribution in [0, 0.1) is 17.8 Å². The lowest BCUT2D eigenvalue weighted by atomic mass is 10.0. The Morgan fingerprint density at radius 2 is 2.00 bits per heavy atom. The molecule has 0 radical (unpaired) electrons. The summed E-state index contributed by atoms with van der Waals surface area (Å²) in [5.74, 6) is 6.70. The molecular formula is C14H16O. The summed E-state index contributed by atoms with van der Waals surface area (Å²) < 4.78 is 0. The first kappa shape index (κ1) is 10.3. The summed E-state index contributed by atoms with van der Waals surface area (Å²) in [4.78, 5) is 0. The van der Waals surface area contributed by atoms with E-state index in [2.05, 4.69) is 11.8 Å². The highest BCUT2D eigenvalue weighted by Crippen LogP contribution is 2.27. The number of benzene rings is 1. The number of hydrogen-bond acceptors (Lipinski definition) is 1. The number of aliphatic hydroxyl groups is 1. The monoisotopic (exact) mass is 200 g/mol. The normalized spacial score (nSPS) is 24.6. The molecule has 1 aliphatic rings. The van der Waals surface area contributed by atoms with Gasteiger partial charge in [-0.05, 0) is 30.9 Å². The van der Waals surface area contributed by atoms with Gasteiger partial charge in [-0.2, -0.15) is 0 Å². The third-order valence-corrected chi connectivity index (χ3v) is 2.99. The zero-order valence-corrected chi connectivity index (χ0v) is 8.82. The molecule has 0 amide bonds. The minimum absolute atomic E-state index is 0.116. The molecule has 78 valence electrons. The van der Waals surface area contributed by atoms with Gasteiger partial charge in [0.05, 0.1) is 6.10 Å². The van der Waals surface area contributed by atoms with Crippen molar-refractivity contribution in [3.05, 3.63) is 35.9 Å². The molecule has 1 heteroatoms. The van der Waals surface area contributed by atoms with Gasteiger partial charge in [0.1, 0.15) is 0 Å². The maximum Gasteiger partial charge on any atom is 0.0577 e. The summed E-state index contributed by atoms with van der Waals surface area (Å²) in [6, 6.07) is 10.0. The number of rotatable bonds is 1. The summed E-state index contributed by atoms with van der Waals surface area (Å²) in [5, 5.41) is 9.62. The van der Waals surface area contributed by atoms with E-state index in [0.29, 0.717) is 5.92 Å². The van der Waals surface area contributed by atoms with Crippen LogP contribution in [-0.2, 0) is 0 Å². The predicted octanol–water partition coefficient (Wildman–Crippen LogP) is 2.59. The molecule has 1 nitrogen and oxygen atoms in total. The second kappa shape index (κ2) is 5.00. The van der Waals surface area contributed by atoms with Crippen LogP contribution in [0.25, 0.3) is 0 Å². The summed E-state index contributed by atoms with van der Waals surface area (Å²) in [6.07, 6.45) is 3.95. The molecule has 0 heterocycles. The molecule has 0 aromatic heterocycles. The molecule has 15 heavy (non-hydrogen) atoms. The number of aliphatic hydroxyl groups excluding tert-OH is 1. The Bertz CT molecular complexity index is 358. The van der Waals surface area contributed by atoms with Crippen LogP contribution in [0.2, 0.25) is 0 Å². The Hall–Kier alpha value is -1.26. The summed E-state index contributed by atoms with van der Waals surface area (Å²) in [6.45, 7) is 0. The molecule has 1 aromatic rings. The van der Waals surface area contributed by atoms with E-state index < -0.39 is 0 Å². The van der Waals surface area contributed by atoms with Gasteiger partial charge in [-0.1, -0.05) is 36.5 Å². The van der Waals surface area contributed by atoms with Crippen LogP contribution in [0.3, 0.4) is 0 Å². The summed E-state index contributed by atoms with van der Waals surface area (Å²) in [7, 11) is 0. The third-order valence-electron chi connectivity index (χ3n) is 2.99. The average molecular weight is 200 g/mol. The van der Waals surface area contributed by atoms with Gasteiger partial charge >= 0.3 is 0 Å². The van der Waals surface area contributed by atoms with Crippen LogP contribution < -0.4 is 0 Å². The highest BCUT2D eigenvalue weighted by molar-refractivity contribution is 5.33. The molecule has 0 spiro atoms. The topological polar surface area (TPSA) is 20.2 Å². The van der Waals surface area contributed by atoms with Crippen LogP contribution in [0.1, 0.15) is 31.2 Å². The first-order valence-corrected chi connectivity index (χ1v) is 5.58. The minimum atomic E-state index is -0.116. The molecule has 2 atom stereocenters. The highest BCUT2D eigenvalue weighted by Gasteiger charge is 2.23. The van der Waals surface area contributed by atoms with Gasteiger partial charge in [0.2, 0.25) is 0 Å². The van der Waals surface area contributed by atoms with Gasteiger partial charge in [-0.25, -0.2) is 0 Å². The number of hydrogen-bond donors (Lipinski definition) is 1. The van der Waals surface area contributed by atoms with E-state index in [0.717, 1.165) is 31.2 Å². The van der Waals surface area contributed by atoms with E-state index >= 15 is 0 Å². The zero-order valence-electron chi connectivity index (χ0n) is 8.82. The van der Waals surface area contributed by atoms with Gasteiger partial charge in [0, 0.05) is 12.0 Å². The standard InChI is InChI=1S/C14H16O/c15-14-11-5-10-13(14)9-4-8-12-6-2-1-3-7-12/h1-3,6-7,13-15H,5,9-11H2. The molecule has 2 rings (SSSR count). The Morgan fingerprint density at radius 3 is 2.67 bits per heavy atom. The molecule has 1 aliphatic carbocycles. The first-order valence-electron chi connectivity index (χ1n) is 5.58. The quantitative estimate of drug-likeness (QED) is 0.691. The molecule has 1 aromatic carbocycles. The Labute approximate surface area is 91.1 Å². The van der Waals surface area contributed by atoms with E-state index in [9.17, 15) is 5.11 Å². The lowest BCUT2D eigenvalue weighted by Crippen LogP contribution is -2.11. The van der Waals surface area contributed by atoms with Gasteiger partial charge < -0.3 is 5.11 Å². The molecule has 0 bridgehead atoms. The molecule has 1 N–H and O–H groups in total. The van der Waals surface area contributed by atoms with Crippen LogP contribution in [0.4, 0.5) is 0 Å². The van der Waals surface area contributed by atoms with E-state index in [1.165, 1.54) is 0 Å². The molecule has 1 saturated carbocycles. The Morgan fingerprint density at radius 1 is 1.20 bits per heavy atom. The van der Waals surface area contributed by atoms with Crippen LogP contribution in [0.5, 0.6) is 0 Å². The van der Waals surface area contributed by atoms with Gasteiger partial charge in [-0.15, -0.1) is 0 Å². The van der Waals surface area contributed by atoms with Crippen LogP contribution in [-0.4, -0.2) is 11.2 Å². The van der Waals surface area contributed by atoms with Crippen molar-refractivity contribution in [3.63, 3.8) is 0 Å². The van der Waals surface area contributed by atoms with Crippen LogP contribution in [0.15, 0.2) is 30.3 Å². The van der Waals surface area contributed by atoms with Gasteiger partial charge in [0.15, 0.2) is 0 Å². The van der Waals surface area contributed by atoms with E-state index in [1.807, 2.05) is 30.3 Å². The maximum absolute atomic E-state index is 9.62. The highest BCUT2D eigenvalue weighted by atomic mass is 16.3. The van der Waals surface area contributed by atoms with E-state index in [4.69, 9.17) is 0 Å². The van der Waals surface area contributed by atoms with Gasteiger partial charge in [-0.3, -0.25) is 0 Å². The predicted molar refractivity (Wildman–Crippen MR) is 61.3 cm³/mol. The SMILES string of the molecule is OC1CCCC1CC#Cc1ccccc1. The fourth-order valence-corrected chi connectivity index (χ4v) is 2.06. The largest absolute Gasteiger partial charge is 0.393 e. The van der Waals surface area contributed by atoms with Crippen molar-refractivity contribution in [1.82, 2.24) is 0 Å². The van der Waals surface area contributed by atoms with Crippen molar-refractivity contribution in [3.8, 4) is 11.8 Å². The fourth-order valence-electron chi connectivity index (χ4n) is 2.06. The van der Waals surface area contributed by atoms with Crippen molar-refractivity contribution in [2.75, 3.05) is 0 Å². The first-order chi connectivity index (χ1) is 7.36. The van der Waals surface area contributed by atoms with Crippen molar-refractivity contribution in [2.45, 2.75) is 31.8 Å². The molecule has 2 unspecified atom stereocenters. The average Bonchev–Trinajstić information content (AvgIpc) is 2.66. The second-order valence-electron chi connectivity index (χ2n) is 4.13. The third kappa shape index (κ3) is 2.84. The lowest BCUT2D eigenvalue weighted by molar-refractivity contribution is 0.135. The minimum Gasteiger partial charge on any atom is -0.393 e. The Kier molecular flexibility index (Phi) is 3.42. The van der Waals surface area contributed by atoms with Gasteiger partial charge in [0.25, 0.3) is 0 Å². The maximum atomic E-state index is 9.62. The second-order valence-corrected chi connectivity index (χ2v) is 4.13. The zero-order chi connectivity index (χ0) is 10.5. The molecular weight excluding hydrogens is 184 g/mol. The van der Waals surface area contributed by atoms with Crippen molar-refractivity contribution in [1.29, 1.82) is 0 Å². The smallest absolute Gasteiger partial charge is 0.0577 e. The van der Waals surface area contributed by atoms with Crippen molar-refractivity contribution < 1.29 is 5.11 Å². The van der Waals surface area contributed by atoms with Crippen molar-refractivity contribution in [2.24, 2.45) is 5.92 Å². The summed E-state index contributed by atoms with van der Waals surface area (Å²) in [5.41, 5.74) is 1.06. The summed E-state index contributed by atoms with van der Waals surface area (Å²) >= 11 is 0. The van der Waals surface area contributed by atoms with Crippen LogP contribution >= 0.6 is 0 Å².